The molecule has 2 heterocycles. The molecule has 1 amide bonds. The number of aryl methyl sites for hydroxylation is 2. The number of nitrogens with one attached hydrogen (secondary N) is 2. The molecule has 4 aromatic rings. The molecule has 0 aliphatic heterocycles. The first-order valence-electron chi connectivity index (χ1n) is 9.31. The number of halogens is 2. The monoisotopic (exact) mass is 439 g/mol. The predicted molar refractivity (Wildman–Crippen MR) is 119 cm³/mol. The van der Waals surface area contributed by atoms with Gasteiger partial charge in [-0.25, -0.2) is 0 Å². The number of carbonyl (C=O) groups excluding carboxylic acids is 1. The number of aromatic nitrogens is 4. The average molecular weight is 440 g/mol. The Morgan fingerprint density at radius 3 is 2.67 bits per heavy atom. The van der Waals surface area contributed by atoms with Gasteiger partial charge in [0.25, 0.3) is 5.91 Å². The molecule has 0 radical (unpaired) electrons. The molecule has 2 N–H and O–H groups in total. The van der Waals surface area contributed by atoms with Crippen LogP contribution in [0.25, 0.3) is 11.3 Å². The van der Waals surface area contributed by atoms with E-state index >= 15 is 0 Å². The second-order valence-electron chi connectivity index (χ2n) is 7.03. The van der Waals surface area contributed by atoms with Gasteiger partial charge in [-0.3, -0.25) is 14.6 Å². The van der Waals surface area contributed by atoms with Gasteiger partial charge in [-0.1, -0.05) is 35.3 Å². The van der Waals surface area contributed by atoms with Gasteiger partial charge in [0, 0.05) is 22.0 Å². The van der Waals surface area contributed by atoms with Crippen LogP contribution in [-0.4, -0.2) is 25.9 Å². The zero-order valence-electron chi connectivity index (χ0n) is 16.4. The third kappa shape index (κ3) is 4.40. The van der Waals surface area contributed by atoms with E-state index in [1.807, 2.05) is 48.9 Å². The molecule has 152 valence electrons. The number of benzene rings is 2. The molecule has 4 rings (SSSR count). The van der Waals surface area contributed by atoms with Crippen LogP contribution in [-0.2, 0) is 6.54 Å². The fraction of sp³-hybridized carbons (Fsp3) is 0.136. The first-order chi connectivity index (χ1) is 14.4. The summed E-state index contributed by atoms with van der Waals surface area (Å²) in [6, 6.07) is 16.5. The van der Waals surface area contributed by atoms with E-state index in [9.17, 15) is 4.79 Å². The van der Waals surface area contributed by atoms with Crippen LogP contribution in [0.2, 0.25) is 10.0 Å². The van der Waals surface area contributed by atoms with Crippen molar-refractivity contribution in [3.8, 4) is 11.3 Å². The van der Waals surface area contributed by atoms with Crippen molar-refractivity contribution in [2.75, 3.05) is 5.32 Å². The van der Waals surface area contributed by atoms with Gasteiger partial charge in [-0.05, 0) is 61.9 Å². The Bertz CT molecular complexity index is 1230. The number of rotatable bonds is 5. The molecule has 0 saturated carbocycles. The summed E-state index contributed by atoms with van der Waals surface area (Å²) < 4.78 is 1.94. The van der Waals surface area contributed by atoms with Crippen molar-refractivity contribution in [3.05, 3.63) is 87.3 Å². The minimum atomic E-state index is -0.290. The number of amides is 1. The standard InChI is InChI=1S/C22H19Cl2N5O/c1-13-8-14(2)29(28-13)12-15-4-3-5-17(9-15)25-22(30)21-11-20(26-27-21)18-7-6-16(23)10-19(18)24/h3-11H,12H2,1-2H3,(H,25,30)(H,26,27). The quantitative estimate of drug-likeness (QED) is 0.431. The molecule has 0 aliphatic carbocycles. The number of hydrogen-bond acceptors (Lipinski definition) is 3. The highest BCUT2D eigenvalue weighted by Crippen LogP contribution is 2.29. The third-order valence-electron chi connectivity index (χ3n) is 4.65. The molecular formula is C22H19Cl2N5O. The van der Waals surface area contributed by atoms with Crippen molar-refractivity contribution < 1.29 is 4.79 Å². The summed E-state index contributed by atoms with van der Waals surface area (Å²) >= 11 is 12.2. The smallest absolute Gasteiger partial charge is 0.273 e. The number of H-pyrrole nitrogens is 1. The lowest BCUT2D eigenvalue weighted by Crippen LogP contribution is -2.13. The lowest BCUT2D eigenvalue weighted by atomic mass is 10.1. The van der Waals surface area contributed by atoms with Crippen LogP contribution in [0.4, 0.5) is 5.69 Å². The van der Waals surface area contributed by atoms with E-state index in [0.29, 0.717) is 39.2 Å². The van der Waals surface area contributed by atoms with Gasteiger partial charge in [0.2, 0.25) is 0 Å². The Hall–Kier alpha value is -3.09. The maximum atomic E-state index is 12.7. The van der Waals surface area contributed by atoms with Crippen LogP contribution >= 0.6 is 23.2 Å². The van der Waals surface area contributed by atoms with Gasteiger partial charge < -0.3 is 5.32 Å². The van der Waals surface area contributed by atoms with E-state index in [4.69, 9.17) is 23.2 Å². The fourth-order valence-electron chi connectivity index (χ4n) is 3.23. The third-order valence-corrected chi connectivity index (χ3v) is 5.20. The summed E-state index contributed by atoms with van der Waals surface area (Å²) in [5.41, 5.74) is 5.40. The largest absolute Gasteiger partial charge is 0.321 e. The van der Waals surface area contributed by atoms with E-state index in [2.05, 4.69) is 20.6 Å². The van der Waals surface area contributed by atoms with Gasteiger partial charge in [0.15, 0.2) is 0 Å². The molecule has 0 unspecified atom stereocenters. The normalized spacial score (nSPS) is 10.9. The highest BCUT2D eigenvalue weighted by molar-refractivity contribution is 6.36. The molecular weight excluding hydrogens is 421 g/mol. The summed E-state index contributed by atoms with van der Waals surface area (Å²) in [4.78, 5) is 12.7. The Balaban J connectivity index is 1.49. The molecule has 0 spiro atoms. The van der Waals surface area contributed by atoms with Crippen molar-refractivity contribution in [1.82, 2.24) is 20.0 Å². The van der Waals surface area contributed by atoms with E-state index in [-0.39, 0.29) is 5.91 Å². The molecule has 0 fully saturated rings. The van der Waals surface area contributed by atoms with Crippen LogP contribution in [0.5, 0.6) is 0 Å². The number of aromatic amines is 1. The van der Waals surface area contributed by atoms with E-state index < -0.39 is 0 Å². The minimum Gasteiger partial charge on any atom is -0.321 e. The summed E-state index contributed by atoms with van der Waals surface area (Å²) in [6.45, 7) is 4.62. The maximum absolute atomic E-state index is 12.7. The second kappa shape index (κ2) is 8.34. The summed E-state index contributed by atoms with van der Waals surface area (Å²) in [6.07, 6.45) is 0. The number of carbonyl (C=O) groups is 1. The first-order valence-corrected chi connectivity index (χ1v) is 10.1. The van der Waals surface area contributed by atoms with Crippen LogP contribution < -0.4 is 5.32 Å². The Morgan fingerprint density at radius 2 is 1.93 bits per heavy atom. The van der Waals surface area contributed by atoms with Crippen molar-refractivity contribution >= 4 is 34.8 Å². The van der Waals surface area contributed by atoms with Gasteiger partial charge in [0.1, 0.15) is 5.69 Å². The SMILES string of the molecule is Cc1cc(C)n(Cc2cccc(NC(=O)c3cc(-c4ccc(Cl)cc4Cl)n[nH]3)c2)n1. The van der Waals surface area contributed by atoms with Crippen molar-refractivity contribution in [2.45, 2.75) is 20.4 Å². The van der Waals surface area contributed by atoms with Crippen LogP contribution in [0.3, 0.4) is 0 Å². The summed E-state index contributed by atoms with van der Waals surface area (Å²) in [5.74, 6) is -0.290. The highest BCUT2D eigenvalue weighted by Gasteiger charge is 2.14. The first kappa shape index (κ1) is 20.2. The molecule has 0 aliphatic rings. The number of hydrogen-bond donors (Lipinski definition) is 2. The van der Waals surface area contributed by atoms with Gasteiger partial charge >= 0.3 is 0 Å². The molecule has 6 nitrogen and oxygen atoms in total. The average Bonchev–Trinajstić information content (AvgIpc) is 3.29. The topological polar surface area (TPSA) is 75.6 Å². The summed E-state index contributed by atoms with van der Waals surface area (Å²) in [7, 11) is 0. The fourth-order valence-corrected chi connectivity index (χ4v) is 3.73. The minimum absolute atomic E-state index is 0.290. The maximum Gasteiger partial charge on any atom is 0.273 e. The lowest BCUT2D eigenvalue weighted by molar-refractivity contribution is 0.102. The predicted octanol–water partition coefficient (Wildman–Crippen LogP) is 5.50. The molecule has 0 bridgehead atoms. The van der Waals surface area contributed by atoms with Gasteiger partial charge in [0.05, 0.1) is 23.0 Å². The molecule has 2 aromatic carbocycles. The number of anilines is 1. The van der Waals surface area contributed by atoms with Crippen LogP contribution in [0.1, 0.15) is 27.4 Å². The van der Waals surface area contributed by atoms with E-state index in [1.165, 1.54) is 0 Å². The molecule has 0 atom stereocenters. The Kier molecular flexibility index (Phi) is 5.61. The summed E-state index contributed by atoms with van der Waals surface area (Å²) in [5, 5.41) is 15.4. The van der Waals surface area contributed by atoms with Crippen LogP contribution in [0.15, 0.2) is 54.6 Å². The molecule has 8 heteroatoms. The van der Waals surface area contributed by atoms with Crippen molar-refractivity contribution in [1.29, 1.82) is 0 Å². The molecule has 30 heavy (non-hydrogen) atoms. The van der Waals surface area contributed by atoms with Crippen LogP contribution in [0, 0.1) is 13.8 Å². The molecule has 0 saturated heterocycles. The van der Waals surface area contributed by atoms with Gasteiger partial charge in [-0.15, -0.1) is 0 Å². The van der Waals surface area contributed by atoms with E-state index in [1.54, 1.807) is 24.3 Å². The Morgan fingerprint density at radius 1 is 1.10 bits per heavy atom. The van der Waals surface area contributed by atoms with Crippen molar-refractivity contribution in [2.24, 2.45) is 0 Å². The zero-order valence-corrected chi connectivity index (χ0v) is 17.9. The van der Waals surface area contributed by atoms with Gasteiger partial charge in [-0.2, -0.15) is 10.2 Å². The highest BCUT2D eigenvalue weighted by atomic mass is 35.5. The van der Waals surface area contributed by atoms with E-state index in [0.717, 1.165) is 17.0 Å². The molecule has 2 aromatic heterocycles. The second-order valence-corrected chi connectivity index (χ2v) is 7.87. The number of nitrogens with zero attached hydrogens (tertiary/aromatic N) is 3. The zero-order chi connectivity index (χ0) is 21.3. The van der Waals surface area contributed by atoms with Crippen molar-refractivity contribution in [3.63, 3.8) is 0 Å². The lowest BCUT2D eigenvalue weighted by Gasteiger charge is -2.08. The Labute approximate surface area is 183 Å².